The molecule has 17 heavy (non-hydrogen) atoms. The Morgan fingerprint density at radius 2 is 2.00 bits per heavy atom. The van der Waals surface area contributed by atoms with E-state index in [9.17, 15) is 13.2 Å². The minimum absolute atomic E-state index is 0.196. The highest BCUT2D eigenvalue weighted by molar-refractivity contribution is 7.91. The summed E-state index contributed by atoms with van der Waals surface area (Å²) < 4.78 is 22.5. The van der Waals surface area contributed by atoms with Crippen LogP contribution in [0.2, 0.25) is 0 Å². The summed E-state index contributed by atoms with van der Waals surface area (Å²) in [5.41, 5.74) is -0.249. The van der Waals surface area contributed by atoms with Crippen molar-refractivity contribution in [2.45, 2.75) is 39.2 Å². The molecule has 2 N–H and O–H groups in total. The number of hydrogen-bond donors (Lipinski definition) is 2. The molecule has 0 aromatic carbocycles. The lowest BCUT2D eigenvalue weighted by Crippen LogP contribution is -2.46. The van der Waals surface area contributed by atoms with E-state index < -0.39 is 9.84 Å². The van der Waals surface area contributed by atoms with Gasteiger partial charge in [0, 0.05) is 12.1 Å². The first-order chi connectivity index (χ1) is 7.68. The summed E-state index contributed by atoms with van der Waals surface area (Å²) in [6, 6.07) is -0.196. The van der Waals surface area contributed by atoms with Crippen LogP contribution in [0.25, 0.3) is 0 Å². The summed E-state index contributed by atoms with van der Waals surface area (Å²) in [6.07, 6.45) is 1.46. The number of hydrogen-bond acceptors (Lipinski definition) is 3. The third-order valence-electron chi connectivity index (χ3n) is 2.65. The Hall–Kier alpha value is -0.780. The Bertz CT molecular complexity index is 371. The average Bonchev–Trinajstić information content (AvgIpc) is 2.42. The molecule has 1 aliphatic rings. The highest BCUT2D eigenvalue weighted by atomic mass is 32.2. The van der Waals surface area contributed by atoms with Crippen LogP contribution in [0.5, 0.6) is 0 Å². The smallest absolute Gasteiger partial charge is 0.315 e. The highest BCUT2D eigenvalue weighted by Gasteiger charge is 2.27. The standard InChI is InChI=1S/C11H22N2O3S/c1-11(2,3)13-10(14)12-6-4-9-5-7-17(15,16)8-9/h9H,4-8H2,1-3H3,(H2,12,13,14). The Morgan fingerprint density at radius 3 is 2.47 bits per heavy atom. The van der Waals surface area contributed by atoms with Crippen LogP contribution in [0.15, 0.2) is 0 Å². The van der Waals surface area contributed by atoms with Crippen molar-refractivity contribution in [3.8, 4) is 0 Å². The van der Waals surface area contributed by atoms with Crippen molar-refractivity contribution in [1.82, 2.24) is 10.6 Å². The summed E-state index contributed by atoms with van der Waals surface area (Å²) in [6.45, 7) is 6.27. The zero-order valence-electron chi connectivity index (χ0n) is 10.7. The van der Waals surface area contributed by atoms with Gasteiger partial charge in [0.15, 0.2) is 9.84 Å². The van der Waals surface area contributed by atoms with E-state index in [4.69, 9.17) is 0 Å². The van der Waals surface area contributed by atoms with Crippen molar-refractivity contribution < 1.29 is 13.2 Å². The second-order valence-corrected chi connectivity index (χ2v) is 7.92. The molecule has 100 valence electrons. The largest absolute Gasteiger partial charge is 0.338 e. The van der Waals surface area contributed by atoms with Crippen LogP contribution < -0.4 is 10.6 Å². The van der Waals surface area contributed by atoms with E-state index in [1.165, 1.54) is 0 Å². The molecule has 5 nitrogen and oxygen atoms in total. The third kappa shape index (κ3) is 5.91. The minimum atomic E-state index is -2.80. The monoisotopic (exact) mass is 262 g/mol. The van der Waals surface area contributed by atoms with Crippen molar-refractivity contribution >= 4 is 15.9 Å². The number of rotatable bonds is 3. The van der Waals surface area contributed by atoms with Gasteiger partial charge < -0.3 is 10.6 Å². The first-order valence-corrected chi connectivity index (χ1v) is 7.76. The first-order valence-electron chi connectivity index (χ1n) is 5.94. The molecule has 2 amide bonds. The highest BCUT2D eigenvalue weighted by Crippen LogP contribution is 2.20. The maximum atomic E-state index is 11.4. The fourth-order valence-electron chi connectivity index (χ4n) is 1.87. The molecule has 0 saturated carbocycles. The van der Waals surface area contributed by atoms with Crippen LogP contribution in [0.1, 0.15) is 33.6 Å². The molecule has 1 saturated heterocycles. The van der Waals surface area contributed by atoms with Crippen LogP contribution in [-0.2, 0) is 9.84 Å². The Labute approximate surface area is 103 Å². The number of urea groups is 1. The summed E-state index contributed by atoms with van der Waals surface area (Å²) in [4.78, 5) is 11.4. The van der Waals surface area contributed by atoms with Gasteiger partial charge in [-0.25, -0.2) is 13.2 Å². The maximum absolute atomic E-state index is 11.4. The van der Waals surface area contributed by atoms with E-state index in [2.05, 4.69) is 10.6 Å². The summed E-state index contributed by atoms with van der Waals surface area (Å²) >= 11 is 0. The number of carbonyl (C=O) groups excluding carboxylic acids is 1. The molecule has 1 rings (SSSR count). The van der Waals surface area contributed by atoms with Gasteiger partial charge in [0.25, 0.3) is 0 Å². The number of carbonyl (C=O) groups is 1. The number of nitrogens with one attached hydrogen (secondary N) is 2. The molecule has 0 aliphatic carbocycles. The van der Waals surface area contributed by atoms with Gasteiger partial charge in [-0.15, -0.1) is 0 Å². The topological polar surface area (TPSA) is 75.3 Å². The van der Waals surface area contributed by atoms with Gasteiger partial charge >= 0.3 is 6.03 Å². The van der Waals surface area contributed by atoms with Gasteiger partial charge in [-0.3, -0.25) is 0 Å². The quantitative estimate of drug-likeness (QED) is 0.794. The Morgan fingerprint density at radius 1 is 1.35 bits per heavy atom. The van der Waals surface area contributed by atoms with Crippen molar-refractivity contribution in [2.75, 3.05) is 18.1 Å². The van der Waals surface area contributed by atoms with Gasteiger partial charge in [0.2, 0.25) is 0 Å². The second kappa shape index (κ2) is 5.25. The average molecular weight is 262 g/mol. The van der Waals surface area contributed by atoms with E-state index in [1.807, 2.05) is 20.8 Å². The van der Waals surface area contributed by atoms with Crippen LogP contribution in [-0.4, -0.2) is 38.0 Å². The molecule has 0 aromatic rings. The molecule has 1 fully saturated rings. The maximum Gasteiger partial charge on any atom is 0.315 e. The predicted molar refractivity (Wildman–Crippen MR) is 67.7 cm³/mol. The first kappa shape index (κ1) is 14.3. The molecule has 1 atom stereocenters. The summed E-state index contributed by atoms with van der Waals surface area (Å²) in [7, 11) is -2.80. The molecule has 1 heterocycles. The molecule has 6 heteroatoms. The second-order valence-electron chi connectivity index (χ2n) is 5.69. The van der Waals surface area contributed by atoms with Crippen molar-refractivity contribution in [3.05, 3.63) is 0 Å². The van der Waals surface area contributed by atoms with Gasteiger partial charge in [0.05, 0.1) is 11.5 Å². The van der Waals surface area contributed by atoms with E-state index in [0.29, 0.717) is 12.3 Å². The Kier molecular flexibility index (Phi) is 4.41. The van der Waals surface area contributed by atoms with Gasteiger partial charge in [-0.1, -0.05) is 0 Å². The summed E-state index contributed by atoms with van der Waals surface area (Å²) in [5.74, 6) is 0.775. The summed E-state index contributed by atoms with van der Waals surface area (Å²) in [5, 5.41) is 5.54. The minimum Gasteiger partial charge on any atom is -0.338 e. The normalized spacial score (nSPS) is 23.4. The van der Waals surface area contributed by atoms with Crippen molar-refractivity contribution in [3.63, 3.8) is 0 Å². The molecule has 1 unspecified atom stereocenters. The van der Waals surface area contributed by atoms with Crippen LogP contribution in [0.3, 0.4) is 0 Å². The Balaban J connectivity index is 2.19. The number of sulfone groups is 1. The van der Waals surface area contributed by atoms with Crippen molar-refractivity contribution in [1.29, 1.82) is 0 Å². The van der Waals surface area contributed by atoms with E-state index in [1.54, 1.807) is 0 Å². The van der Waals surface area contributed by atoms with Crippen LogP contribution >= 0.6 is 0 Å². The molecular weight excluding hydrogens is 240 g/mol. The lowest BCUT2D eigenvalue weighted by Gasteiger charge is -2.21. The lowest BCUT2D eigenvalue weighted by molar-refractivity contribution is 0.231. The van der Waals surface area contributed by atoms with Crippen molar-refractivity contribution in [2.24, 2.45) is 5.92 Å². The van der Waals surface area contributed by atoms with Crippen LogP contribution in [0.4, 0.5) is 4.79 Å². The van der Waals surface area contributed by atoms with E-state index in [0.717, 1.165) is 12.8 Å². The molecular formula is C11H22N2O3S. The number of amides is 2. The lowest BCUT2D eigenvalue weighted by atomic mass is 10.1. The molecule has 0 bridgehead atoms. The van der Waals surface area contributed by atoms with Gasteiger partial charge in [-0.2, -0.15) is 0 Å². The van der Waals surface area contributed by atoms with E-state index in [-0.39, 0.29) is 23.2 Å². The molecule has 0 aromatic heterocycles. The zero-order chi connectivity index (χ0) is 13.1. The predicted octanol–water partition coefficient (Wildman–Crippen LogP) is 0.909. The third-order valence-corrected chi connectivity index (χ3v) is 4.49. The molecule has 0 spiro atoms. The molecule has 0 radical (unpaired) electrons. The van der Waals surface area contributed by atoms with Crippen LogP contribution in [0, 0.1) is 5.92 Å². The SMILES string of the molecule is CC(C)(C)NC(=O)NCCC1CCS(=O)(=O)C1. The fourth-order valence-corrected chi connectivity index (χ4v) is 3.78. The van der Waals surface area contributed by atoms with Gasteiger partial charge in [0.1, 0.15) is 0 Å². The van der Waals surface area contributed by atoms with Gasteiger partial charge in [-0.05, 0) is 39.5 Å². The fraction of sp³-hybridized carbons (Fsp3) is 0.909. The zero-order valence-corrected chi connectivity index (χ0v) is 11.6. The molecule has 1 aliphatic heterocycles. The van der Waals surface area contributed by atoms with E-state index >= 15 is 0 Å².